The molecule has 0 bridgehead atoms. The Hall–Kier alpha value is -3.28. The average Bonchev–Trinajstić information content (AvgIpc) is 2.76. The number of carboxylic acid groups (broad SMARTS) is 1. The number of hydrogen-bond donors (Lipinski definition) is 1. The minimum absolute atomic E-state index is 0.00386. The Morgan fingerprint density at radius 1 is 1.22 bits per heavy atom. The Kier molecular flexibility index (Phi) is 10.4. The lowest BCUT2D eigenvalue weighted by Gasteiger charge is -2.23. The van der Waals surface area contributed by atoms with Crippen LogP contribution in [0.5, 0.6) is 0 Å². The van der Waals surface area contributed by atoms with Crippen molar-refractivity contribution >= 4 is 5.97 Å². The number of ether oxygens (including phenoxy) is 2. The second-order valence-electron chi connectivity index (χ2n) is 8.35. The molecule has 204 valence electrons. The maximum atomic E-state index is 13.5. The SMILES string of the molecule is C=C(F)/C=C(\C=C1/CC=C(CN(C)CCCC(=O)O)CO1)OCc1ccc(C(F)(F)F)cc1C(F)(F)F. The molecule has 1 aromatic carbocycles. The summed E-state index contributed by atoms with van der Waals surface area (Å²) < 4.78 is 103. The second kappa shape index (κ2) is 12.8. The molecule has 2 rings (SSSR count). The van der Waals surface area contributed by atoms with E-state index < -0.39 is 47.4 Å². The lowest BCUT2D eigenvalue weighted by molar-refractivity contribution is -0.144. The lowest BCUT2D eigenvalue weighted by Crippen LogP contribution is -2.25. The van der Waals surface area contributed by atoms with E-state index in [1.807, 2.05) is 18.0 Å². The first-order chi connectivity index (χ1) is 17.1. The number of hydrogen-bond acceptors (Lipinski definition) is 4. The first-order valence-electron chi connectivity index (χ1n) is 11.0. The van der Waals surface area contributed by atoms with Crippen LogP contribution >= 0.6 is 0 Å². The molecule has 0 aromatic heterocycles. The number of aliphatic carboxylic acids is 1. The fourth-order valence-electron chi connectivity index (χ4n) is 3.43. The van der Waals surface area contributed by atoms with Gasteiger partial charge in [0.2, 0.25) is 0 Å². The molecular formula is C25H26F7NO4. The van der Waals surface area contributed by atoms with Gasteiger partial charge in [-0.2, -0.15) is 26.3 Å². The quantitative estimate of drug-likeness (QED) is 0.149. The fourth-order valence-corrected chi connectivity index (χ4v) is 3.43. The van der Waals surface area contributed by atoms with E-state index in [-0.39, 0.29) is 31.3 Å². The minimum atomic E-state index is -5.07. The van der Waals surface area contributed by atoms with E-state index in [0.29, 0.717) is 37.4 Å². The number of carbonyl (C=O) groups is 1. The normalized spacial score (nSPS) is 16.0. The van der Waals surface area contributed by atoms with E-state index in [9.17, 15) is 35.5 Å². The Balaban J connectivity index is 2.10. The molecule has 1 aliphatic rings. The van der Waals surface area contributed by atoms with Gasteiger partial charge in [0.05, 0.1) is 11.1 Å². The summed E-state index contributed by atoms with van der Waals surface area (Å²) in [5.41, 5.74) is -2.62. The summed E-state index contributed by atoms with van der Waals surface area (Å²) in [6, 6.07) is 1.18. The zero-order chi connectivity index (χ0) is 27.8. The van der Waals surface area contributed by atoms with Gasteiger partial charge < -0.3 is 19.5 Å². The largest absolute Gasteiger partial charge is 0.493 e. The number of likely N-dealkylation sites (N-methyl/N-ethyl adjacent to an activating group) is 1. The van der Waals surface area contributed by atoms with Gasteiger partial charge in [-0.25, -0.2) is 4.39 Å². The number of carboxylic acids is 1. The van der Waals surface area contributed by atoms with Crippen molar-refractivity contribution in [3.63, 3.8) is 0 Å². The van der Waals surface area contributed by atoms with Gasteiger partial charge in [-0.15, -0.1) is 0 Å². The van der Waals surface area contributed by atoms with Crippen LogP contribution in [0.25, 0.3) is 0 Å². The van der Waals surface area contributed by atoms with Crippen molar-refractivity contribution in [3.8, 4) is 0 Å². The number of nitrogens with zero attached hydrogens (tertiary/aromatic N) is 1. The zero-order valence-corrected chi connectivity index (χ0v) is 19.9. The van der Waals surface area contributed by atoms with Gasteiger partial charge in [0, 0.05) is 37.1 Å². The molecule has 12 heteroatoms. The molecule has 0 spiro atoms. The highest BCUT2D eigenvalue weighted by atomic mass is 19.4. The van der Waals surface area contributed by atoms with Crippen LogP contribution in [0.15, 0.2) is 65.9 Å². The molecule has 0 saturated heterocycles. The molecule has 1 aromatic rings. The van der Waals surface area contributed by atoms with Crippen molar-refractivity contribution in [2.24, 2.45) is 0 Å². The predicted octanol–water partition coefficient (Wildman–Crippen LogP) is 6.64. The van der Waals surface area contributed by atoms with Crippen molar-refractivity contribution in [2.45, 2.75) is 38.2 Å². The van der Waals surface area contributed by atoms with Gasteiger partial charge in [-0.1, -0.05) is 18.7 Å². The summed E-state index contributed by atoms with van der Waals surface area (Å²) in [6.07, 6.45) is -5.28. The van der Waals surface area contributed by atoms with Crippen LogP contribution in [0.3, 0.4) is 0 Å². The zero-order valence-electron chi connectivity index (χ0n) is 19.9. The van der Waals surface area contributed by atoms with Crippen molar-refractivity contribution in [1.82, 2.24) is 4.90 Å². The van der Waals surface area contributed by atoms with Crippen LogP contribution in [0, 0.1) is 0 Å². The van der Waals surface area contributed by atoms with Crippen LogP contribution in [0.4, 0.5) is 30.7 Å². The van der Waals surface area contributed by atoms with Crippen molar-refractivity contribution in [1.29, 1.82) is 0 Å². The predicted molar refractivity (Wildman–Crippen MR) is 121 cm³/mol. The molecule has 0 aliphatic carbocycles. The van der Waals surface area contributed by atoms with E-state index in [4.69, 9.17) is 14.6 Å². The van der Waals surface area contributed by atoms with Crippen LogP contribution in [0.2, 0.25) is 0 Å². The average molecular weight is 537 g/mol. The van der Waals surface area contributed by atoms with E-state index in [0.717, 1.165) is 11.6 Å². The second-order valence-corrected chi connectivity index (χ2v) is 8.35. The standard InChI is InChI=1S/C25H26F7NO4/c1-16(26)10-21(12-20-8-5-17(14-36-20)13-33(2)9-3-4-23(34)35)37-15-18-6-7-19(24(27,28)29)11-22(18)25(30,31)32/h5-7,10-12H,1,3-4,8-9,13-15H2,2H3,(H,34,35)/b20-12+,21-10+. The Morgan fingerprint density at radius 2 is 1.92 bits per heavy atom. The molecule has 1 heterocycles. The number of halogens is 7. The van der Waals surface area contributed by atoms with Crippen molar-refractivity contribution in [2.75, 3.05) is 26.7 Å². The third-order valence-corrected chi connectivity index (χ3v) is 5.18. The summed E-state index contributed by atoms with van der Waals surface area (Å²) in [7, 11) is 1.83. The van der Waals surface area contributed by atoms with E-state index >= 15 is 0 Å². The maximum absolute atomic E-state index is 13.5. The van der Waals surface area contributed by atoms with E-state index in [2.05, 4.69) is 6.58 Å². The molecule has 37 heavy (non-hydrogen) atoms. The summed E-state index contributed by atoms with van der Waals surface area (Å²) in [4.78, 5) is 12.5. The minimum Gasteiger partial charge on any atom is -0.493 e. The highest BCUT2D eigenvalue weighted by molar-refractivity contribution is 5.66. The van der Waals surface area contributed by atoms with Crippen LogP contribution < -0.4 is 0 Å². The first kappa shape index (κ1) is 29.9. The number of alkyl halides is 6. The van der Waals surface area contributed by atoms with Crippen molar-refractivity contribution < 1.29 is 50.1 Å². The highest BCUT2D eigenvalue weighted by Gasteiger charge is 2.38. The van der Waals surface area contributed by atoms with Gasteiger partial charge in [0.15, 0.2) is 0 Å². The number of benzene rings is 1. The molecule has 5 nitrogen and oxygen atoms in total. The van der Waals surface area contributed by atoms with Crippen molar-refractivity contribution in [3.05, 3.63) is 82.6 Å². The molecule has 0 fully saturated rings. The van der Waals surface area contributed by atoms with E-state index in [1.165, 1.54) is 6.08 Å². The third kappa shape index (κ3) is 10.3. The summed E-state index contributed by atoms with van der Waals surface area (Å²) >= 11 is 0. The lowest BCUT2D eigenvalue weighted by atomic mass is 10.0. The summed E-state index contributed by atoms with van der Waals surface area (Å²) in [5.74, 6) is -1.73. The van der Waals surface area contributed by atoms with Crippen LogP contribution in [-0.4, -0.2) is 42.7 Å². The Labute approximate surface area is 209 Å². The van der Waals surface area contributed by atoms with Gasteiger partial charge in [0.25, 0.3) is 0 Å². The smallest absolute Gasteiger partial charge is 0.416 e. The molecule has 0 saturated carbocycles. The molecule has 1 N–H and O–H groups in total. The highest BCUT2D eigenvalue weighted by Crippen LogP contribution is 2.37. The maximum Gasteiger partial charge on any atom is 0.416 e. The summed E-state index contributed by atoms with van der Waals surface area (Å²) in [5, 5.41) is 8.71. The number of allylic oxidation sites excluding steroid dienone is 4. The van der Waals surface area contributed by atoms with E-state index in [1.54, 1.807) is 0 Å². The first-order valence-corrected chi connectivity index (χ1v) is 11.0. The summed E-state index contributed by atoms with van der Waals surface area (Å²) in [6.45, 7) is 3.56. The van der Waals surface area contributed by atoms with Crippen LogP contribution in [0.1, 0.15) is 36.0 Å². The Morgan fingerprint density at radius 3 is 2.46 bits per heavy atom. The molecular weight excluding hydrogens is 511 g/mol. The topological polar surface area (TPSA) is 59.0 Å². The van der Waals surface area contributed by atoms with Gasteiger partial charge in [-0.05, 0) is 37.7 Å². The van der Waals surface area contributed by atoms with Gasteiger partial charge >= 0.3 is 18.3 Å². The van der Waals surface area contributed by atoms with Gasteiger partial charge in [0.1, 0.15) is 30.6 Å². The molecule has 1 aliphatic heterocycles. The molecule has 0 unspecified atom stereocenters. The Bertz CT molecular complexity index is 1070. The van der Waals surface area contributed by atoms with Gasteiger partial charge in [-0.3, -0.25) is 4.79 Å². The number of rotatable bonds is 11. The fraction of sp³-hybridized carbons (Fsp3) is 0.400. The molecule has 0 amide bonds. The van der Waals surface area contributed by atoms with Crippen LogP contribution in [-0.2, 0) is 33.2 Å². The monoisotopic (exact) mass is 537 g/mol. The molecule has 0 radical (unpaired) electrons. The third-order valence-electron chi connectivity index (χ3n) is 5.18. The molecule has 0 atom stereocenters.